The number of hydrogen-bond acceptors (Lipinski definition) is 4. The molecule has 0 bridgehead atoms. The van der Waals surface area contributed by atoms with Crippen molar-refractivity contribution in [1.29, 1.82) is 5.26 Å². The molecule has 40 heavy (non-hydrogen) atoms. The fraction of sp³-hybridized carbons (Fsp3) is 0.257. The molecule has 0 fully saturated rings. The minimum absolute atomic E-state index is 0.297. The molecular weight excluding hydrogens is 494 g/mol. The van der Waals surface area contributed by atoms with Gasteiger partial charge >= 0.3 is 5.97 Å². The van der Waals surface area contributed by atoms with Gasteiger partial charge in [-0.15, -0.1) is 0 Å². The summed E-state index contributed by atoms with van der Waals surface area (Å²) in [7, 11) is 4.04. The smallest absolute Gasteiger partial charge is 0.346 e. The molecule has 1 N–H and O–H groups in total. The molecule has 0 saturated carbocycles. The van der Waals surface area contributed by atoms with Gasteiger partial charge in [0.25, 0.3) is 0 Å². The number of allylic oxidation sites excluding steroid dienone is 4. The van der Waals surface area contributed by atoms with E-state index in [-0.39, 0.29) is 5.57 Å². The normalized spacial score (nSPS) is 13.7. The topological polar surface area (TPSA) is 67.6 Å². The second kappa shape index (κ2) is 13.5. The van der Waals surface area contributed by atoms with Crippen LogP contribution < -0.4 is 9.80 Å². The van der Waals surface area contributed by atoms with E-state index in [0.29, 0.717) is 0 Å². The van der Waals surface area contributed by atoms with E-state index in [1.165, 1.54) is 41.4 Å². The van der Waals surface area contributed by atoms with E-state index in [9.17, 15) is 4.79 Å². The Morgan fingerprint density at radius 1 is 1.00 bits per heavy atom. The number of aryl methyl sites for hydroxylation is 2. The third-order valence-electron chi connectivity index (χ3n) is 7.26. The zero-order chi connectivity index (χ0) is 28.5. The summed E-state index contributed by atoms with van der Waals surface area (Å²) in [5.74, 6) is -1.23. The highest BCUT2D eigenvalue weighted by atomic mass is 16.4. The van der Waals surface area contributed by atoms with Gasteiger partial charge in [0.15, 0.2) is 0 Å². The van der Waals surface area contributed by atoms with Crippen LogP contribution in [0.3, 0.4) is 0 Å². The molecule has 0 atom stereocenters. The highest BCUT2D eigenvalue weighted by Crippen LogP contribution is 2.36. The van der Waals surface area contributed by atoms with Gasteiger partial charge in [-0.3, -0.25) is 0 Å². The lowest BCUT2D eigenvalue weighted by atomic mass is 9.92. The molecule has 3 aromatic carbocycles. The van der Waals surface area contributed by atoms with Crippen molar-refractivity contribution >= 4 is 28.6 Å². The Morgan fingerprint density at radius 2 is 1.70 bits per heavy atom. The summed E-state index contributed by atoms with van der Waals surface area (Å²) in [5.41, 5.74) is 9.19. The molecule has 5 nitrogen and oxygen atoms in total. The molecule has 0 spiro atoms. The van der Waals surface area contributed by atoms with E-state index in [0.717, 1.165) is 48.2 Å². The van der Waals surface area contributed by atoms with Crippen molar-refractivity contribution in [2.45, 2.75) is 39.0 Å². The van der Waals surface area contributed by atoms with Gasteiger partial charge in [-0.05, 0) is 96.0 Å². The Kier molecular flexibility index (Phi) is 9.59. The number of nitriles is 1. The van der Waals surface area contributed by atoms with Gasteiger partial charge in [0.05, 0.1) is 0 Å². The molecule has 0 radical (unpaired) electrons. The average Bonchev–Trinajstić information content (AvgIpc) is 2.97. The van der Waals surface area contributed by atoms with Crippen LogP contribution >= 0.6 is 0 Å². The van der Waals surface area contributed by atoms with Crippen LogP contribution in [0.1, 0.15) is 48.4 Å². The summed E-state index contributed by atoms with van der Waals surface area (Å²) in [6.45, 7) is 3.22. The summed E-state index contributed by atoms with van der Waals surface area (Å²) < 4.78 is 0. The Balaban J connectivity index is 1.68. The highest BCUT2D eigenvalue weighted by Gasteiger charge is 2.19. The summed E-state index contributed by atoms with van der Waals surface area (Å²) in [4.78, 5) is 15.6. The van der Waals surface area contributed by atoms with Crippen LogP contribution in [0, 0.1) is 11.3 Å². The summed E-state index contributed by atoms with van der Waals surface area (Å²) in [6.07, 6.45) is 12.3. The SMILES string of the molecule is CCCCc1ccc(N2CCCc3cc(/C(=C/C=C/C=C(\C#N)C(=O)O)c4ccc(N(C)C)cc4)ccc32)cc1. The predicted molar refractivity (Wildman–Crippen MR) is 165 cm³/mol. The molecule has 0 aromatic heterocycles. The van der Waals surface area contributed by atoms with Gasteiger partial charge in [0.1, 0.15) is 11.6 Å². The number of benzene rings is 3. The van der Waals surface area contributed by atoms with Gasteiger partial charge in [0.2, 0.25) is 0 Å². The van der Waals surface area contributed by atoms with Crippen molar-refractivity contribution in [2.75, 3.05) is 30.4 Å². The molecule has 3 aromatic rings. The first-order valence-electron chi connectivity index (χ1n) is 13.9. The van der Waals surface area contributed by atoms with Gasteiger partial charge in [0, 0.05) is 37.7 Å². The standard InChI is InChI=1S/C35H37N3O2/c1-4-5-9-26-13-18-32(19-14-26)38-23-8-11-29-24-28(17-22-34(29)38)33(12-7-6-10-30(25-36)35(39)40)27-15-20-31(21-16-27)37(2)3/h6-7,10,12-22,24H,4-5,8-9,11,23H2,1-3H3,(H,39,40)/b7-6+,30-10+,33-12+. The quantitative estimate of drug-likeness (QED) is 0.165. The number of nitrogens with zero attached hydrogens (tertiary/aromatic N) is 3. The number of anilines is 3. The van der Waals surface area contributed by atoms with E-state index in [1.54, 1.807) is 18.2 Å². The van der Waals surface area contributed by atoms with Crippen molar-refractivity contribution in [1.82, 2.24) is 0 Å². The number of fused-ring (bicyclic) bond motifs is 1. The third kappa shape index (κ3) is 6.90. The van der Waals surface area contributed by atoms with Crippen LogP contribution in [0.15, 0.2) is 96.6 Å². The van der Waals surface area contributed by atoms with Crippen LogP contribution in [-0.4, -0.2) is 31.7 Å². The molecule has 5 heteroatoms. The fourth-order valence-corrected chi connectivity index (χ4v) is 5.01. The zero-order valence-corrected chi connectivity index (χ0v) is 23.6. The Labute approximate surface area is 238 Å². The molecule has 0 aliphatic carbocycles. The Bertz CT molecular complexity index is 1460. The largest absolute Gasteiger partial charge is 0.477 e. The number of aliphatic carboxylic acids is 1. The molecule has 0 unspecified atom stereocenters. The maximum Gasteiger partial charge on any atom is 0.346 e. The minimum Gasteiger partial charge on any atom is -0.477 e. The summed E-state index contributed by atoms with van der Waals surface area (Å²) in [6, 6.07) is 25.8. The van der Waals surface area contributed by atoms with Crippen molar-refractivity contribution in [3.8, 4) is 6.07 Å². The monoisotopic (exact) mass is 531 g/mol. The first-order valence-corrected chi connectivity index (χ1v) is 13.9. The number of carboxylic acid groups (broad SMARTS) is 1. The van der Waals surface area contributed by atoms with Gasteiger partial charge in [-0.25, -0.2) is 4.79 Å². The number of carboxylic acids is 1. The molecule has 0 saturated heterocycles. The fourth-order valence-electron chi connectivity index (χ4n) is 5.01. The molecule has 1 heterocycles. The second-order valence-corrected chi connectivity index (χ2v) is 10.3. The van der Waals surface area contributed by atoms with Gasteiger partial charge in [-0.1, -0.05) is 61.9 Å². The van der Waals surface area contributed by atoms with Crippen LogP contribution in [-0.2, 0) is 17.6 Å². The summed E-state index contributed by atoms with van der Waals surface area (Å²) in [5, 5.41) is 18.2. The second-order valence-electron chi connectivity index (χ2n) is 10.3. The Morgan fingerprint density at radius 3 is 2.35 bits per heavy atom. The number of hydrogen-bond donors (Lipinski definition) is 1. The predicted octanol–water partition coefficient (Wildman–Crippen LogP) is 7.70. The maximum absolute atomic E-state index is 11.2. The van der Waals surface area contributed by atoms with Crippen LogP contribution in [0.4, 0.5) is 17.1 Å². The van der Waals surface area contributed by atoms with E-state index in [4.69, 9.17) is 10.4 Å². The van der Waals surface area contributed by atoms with Gasteiger partial charge in [-0.2, -0.15) is 5.26 Å². The molecule has 4 rings (SSSR count). The van der Waals surface area contributed by atoms with E-state index < -0.39 is 5.97 Å². The molecule has 1 aliphatic rings. The number of unbranched alkanes of at least 4 members (excludes halogenated alkanes) is 1. The minimum atomic E-state index is -1.23. The molecule has 0 amide bonds. The first-order chi connectivity index (χ1) is 19.4. The van der Waals surface area contributed by atoms with Crippen LogP contribution in [0.5, 0.6) is 0 Å². The van der Waals surface area contributed by atoms with Crippen molar-refractivity contribution in [3.63, 3.8) is 0 Å². The third-order valence-corrected chi connectivity index (χ3v) is 7.26. The van der Waals surface area contributed by atoms with E-state index in [1.807, 2.05) is 20.2 Å². The first kappa shape index (κ1) is 28.4. The lowest BCUT2D eigenvalue weighted by Crippen LogP contribution is -2.24. The van der Waals surface area contributed by atoms with Crippen molar-refractivity contribution in [3.05, 3.63) is 119 Å². The average molecular weight is 532 g/mol. The summed E-state index contributed by atoms with van der Waals surface area (Å²) >= 11 is 0. The number of rotatable bonds is 10. The van der Waals surface area contributed by atoms with E-state index >= 15 is 0 Å². The van der Waals surface area contributed by atoms with Gasteiger partial charge < -0.3 is 14.9 Å². The maximum atomic E-state index is 11.2. The molecule has 204 valence electrons. The molecular formula is C35H37N3O2. The van der Waals surface area contributed by atoms with E-state index in [2.05, 4.69) is 83.5 Å². The molecule has 1 aliphatic heterocycles. The van der Waals surface area contributed by atoms with Crippen LogP contribution in [0.25, 0.3) is 5.57 Å². The van der Waals surface area contributed by atoms with Crippen molar-refractivity contribution < 1.29 is 9.90 Å². The zero-order valence-electron chi connectivity index (χ0n) is 23.6. The lowest BCUT2D eigenvalue weighted by molar-refractivity contribution is -0.132. The lowest BCUT2D eigenvalue weighted by Gasteiger charge is -2.32. The van der Waals surface area contributed by atoms with Crippen molar-refractivity contribution in [2.24, 2.45) is 0 Å². The van der Waals surface area contributed by atoms with Crippen LogP contribution in [0.2, 0.25) is 0 Å². The Hall–Kier alpha value is -4.56. The highest BCUT2D eigenvalue weighted by molar-refractivity contribution is 5.91. The number of carbonyl (C=O) groups is 1.